The van der Waals surface area contributed by atoms with E-state index in [-0.39, 0.29) is 25.9 Å². The molecule has 24 heteroatoms. The molecule has 10 N–H and O–H groups in total. The topological polar surface area (TPSA) is 348 Å². The minimum atomic E-state index is -1.17. The average molecular weight is 985 g/mol. The first-order valence-electron chi connectivity index (χ1n) is 23.4. The number of nitrogens with zero attached hydrogens (tertiary/aromatic N) is 2. The summed E-state index contributed by atoms with van der Waals surface area (Å²) in [4.78, 5) is 155. The number of hydrogen-bond donors (Lipinski definition) is 10. The van der Waals surface area contributed by atoms with Crippen molar-refractivity contribution in [3.05, 3.63) is 24.3 Å². The lowest BCUT2D eigenvalue weighted by Gasteiger charge is -2.30. The molecule has 3 rings (SSSR count). The predicted molar refractivity (Wildman–Crippen MR) is 251 cm³/mol. The lowest BCUT2D eigenvalue weighted by Crippen LogP contribution is -2.57. The van der Waals surface area contributed by atoms with Crippen molar-refractivity contribution in [2.75, 3.05) is 23.7 Å². The SMILES string of the molecule is CC(C)C(NC(=O)C1CCCN1C(=O)[C@H](C)NC(=O)[C@H](C)NC(=O)CCC(=O)O)C(=O)Nc1ccc(NC(=O)[C@@H](NC(=O)C2CCCN2C(=O)[C@H](C)NC(=O)[C@H](C)NC(=O)CCC(=O)O)C(C)C)cc1. The normalized spacial score (nSPS) is 18.0. The number of nitrogens with one attached hydrogen (secondary N) is 8. The number of benzene rings is 1. The maximum absolute atomic E-state index is 13.6. The molecule has 8 atom stereocenters. The van der Waals surface area contributed by atoms with Crippen LogP contribution < -0.4 is 42.5 Å². The van der Waals surface area contributed by atoms with Gasteiger partial charge in [0.25, 0.3) is 0 Å². The number of rotatable bonds is 24. The first kappa shape index (κ1) is 57.2. The van der Waals surface area contributed by atoms with E-state index in [1.54, 1.807) is 27.7 Å². The largest absolute Gasteiger partial charge is 0.481 e. The zero-order chi connectivity index (χ0) is 52.6. The molecule has 70 heavy (non-hydrogen) atoms. The number of carbonyl (C=O) groups excluding carboxylic acids is 10. The van der Waals surface area contributed by atoms with Gasteiger partial charge < -0.3 is 62.5 Å². The Bertz CT molecular complexity index is 1990. The highest BCUT2D eigenvalue weighted by molar-refractivity contribution is 6.01. The number of hydrogen-bond acceptors (Lipinski definition) is 12. The molecule has 0 aromatic heterocycles. The van der Waals surface area contributed by atoms with Gasteiger partial charge in [-0.3, -0.25) is 57.5 Å². The Labute approximate surface area is 405 Å². The van der Waals surface area contributed by atoms with Gasteiger partial charge in [-0.15, -0.1) is 0 Å². The molecule has 386 valence electrons. The number of amides is 10. The highest BCUT2D eigenvalue weighted by atomic mass is 16.4. The Morgan fingerprint density at radius 2 is 0.800 bits per heavy atom. The van der Waals surface area contributed by atoms with Gasteiger partial charge in [0.05, 0.1) is 12.8 Å². The van der Waals surface area contributed by atoms with Gasteiger partial charge in [0.1, 0.15) is 48.3 Å². The minimum absolute atomic E-state index is 0.221. The molecule has 2 aliphatic rings. The molecule has 0 saturated carbocycles. The van der Waals surface area contributed by atoms with Crippen LogP contribution in [0.1, 0.15) is 107 Å². The van der Waals surface area contributed by atoms with Crippen LogP contribution in [0.4, 0.5) is 11.4 Å². The molecule has 0 bridgehead atoms. The minimum Gasteiger partial charge on any atom is -0.481 e. The van der Waals surface area contributed by atoms with Crippen LogP contribution in [0.25, 0.3) is 0 Å². The summed E-state index contributed by atoms with van der Waals surface area (Å²) in [5.74, 6) is -9.13. The third-order valence-corrected chi connectivity index (χ3v) is 11.7. The third-order valence-electron chi connectivity index (χ3n) is 11.7. The lowest BCUT2D eigenvalue weighted by atomic mass is 10.0. The number of anilines is 2. The van der Waals surface area contributed by atoms with Gasteiger partial charge in [-0.2, -0.15) is 0 Å². The fraction of sp³-hybridized carbons (Fsp3) is 0.609. The molecule has 2 saturated heterocycles. The maximum atomic E-state index is 13.6. The van der Waals surface area contributed by atoms with E-state index < -0.39 is 144 Å². The summed E-state index contributed by atoms with van der Waals surface area (Å²) in [7, 11) is 0. The molecular weight excluding hydrogens is 917 g/mol. The Balaban J connectivity index is 1.56. The average Bonchev–Trinajstić information content (AvgIpc) is 3.99. The molecule has 0 aliphatic carbocycles. The predicted octanol–water partition coefficient (Wildman–Crippen LogP) is -0.424. The molecule has 24 nitrogen and oxygen atoms in total. The highest BCUT2D eigenvalue weighted by Gasteiger charge is 2.40. The van der Waals surface area contributed by atoms with Crippen LogP contribution in [0.15, 0.2) is 24.3 Å². The van der Waals surface area contributed by atoms with E-state index in [0.717, 1.165) is 0 Å². The van der Waals surface area contributed by atoms with Crippen LogP contribution in [0.5, 0.6) is 0 Å². The van der Waals surface area contributed by atoms with Crippen molar-refractivity contribution in [2.45, 2.75) is 155 Å². The summed E-state index contributed by atoms with van der Waals surface area (Å²) in [5.41, 5.74) is 0.662. The smallest absolute Gasteiger partial charge is 0.303 e. The molecule has 1 aromatic carbocycles. The highest BCUT2D eigenvalue weighted by Crippen LogP contribution is 2.22. The van der Waals surface area contributed by atoms with E-state index in [1.165, 1.54) is 61.8 Å². The molecule has 2 fully saturated rings. The van der Waals surface area contributed by atoms with Crippen molar-refractivity contribution >= 4 is 82.4 Å². The van der Waals surface area contributed by atoms with Gasteiger partial charge in [0.15, 0.2) is 0 Å². The first-order chi connectivity index (χ1) is 32.8. The van der Waals surface area contributed by atoms with Crippen LogP contribution in [-0.4, -0.2) is 152 Å². The van der Waals surface area contributed by atoms with E-state index in [0.29, 0.717) is 37.1 Å². The summed E-state index contributed by atoms with van der Waals surface area (Å²) in [6.07, 6.45) is 0.107. The molecule has 0 radical (unpaired) electrons. The fourth-order valence-corrected chi connectivity index (χ4v) is 7.75. The van der Waals surface area contributed by atoms with Crippen molar-refractivity contribution in [1.29, 1.82) is 0 Å². The van der Waals surface area contributed by atoms with Crippen LogP contribution in [0.2, 0.25) is 0 Å². The summed E-state index contributed by atoms with van der Waals surface area (Å²) >= 11 is 0. The number of carboxylic acids is 2. The van der Waals surface area contributed by atoms with Gasteiger partial charge in [0, 0.05) is 37.3 Å². The number of carbonyl (C=O) groups is 12. The van der Waals surface area contributed by atoms with Crippen LogP contribution in [0, 0.1) is 11.8 Å². The maximum Gasteiger partial charge on any atom is 0.303 e. The molecule has 1 aromatic rings. The Morgan fingerprint density at radius 3 is 1.10 bits per heavy atom. The second kappa shape index (κ2) is 26.6. The van der Waals surface area contributed by atoms with Crippen molar-refractivity contribution in [3.8, 4) is 0 Å². The Kier molecular flexibility index (Phi) is 21.7. The van der Waals surface area contributed by atoms with E-state index >= 15 is 0 Å². The van der Waals surface area contributed by atoms with E-state index in [4.69, 9.17) is 10.2 Å². The van der Waals surface area contributed by atoms with Crippen LogP contribution >= 0.6 is 0 Å². The van der Waals surface area contributed by atoms with Gasteiger partial charge in [0.2, 0.25) is 59.1 Å². The van der Waals surface area contributed by atoms with Crippen molar-refractivity contribution < 1.29 is 67.7 Å². The van der Waals surface area contributed by atoms with E-state index in [1.807, 2.05) is 0 Å². The summed E-state index contributed by atoms with van der Waals surface area (Å²) in [5, 5.41) is 38.4. The molecule has 0 spiro atoms. The van der Waals surface area contributed by atoms with E-state index in [9.17, 15) is 57.5 Å². The lowest BCUT2D eigenvalue weighted by molar-refractivity contribution is -0.142. The second-order valence-corrected chi connectivity index (χ2v) is 18.2. The van der Waals surface area contributed by atoms with Gasteiger partial charge in [-0.1, -0.05) is 27.7 Å². The Hall–Kier alpha value is -7.14. The second-order valence-electron chi connectivity index (χ2n) is 18.2. The van der Waals surface area contributed by atoms with Crippen LogP contribution in [0.3, 0.4) is 0 Å². The van der Waals surface area contributed by atoms with Crippen LogP contribution in [-0.2, 0) is 57.5 Å². The fourth-order valence-electron chi connectivity index (χ4n) is 7.75. The first-order valence-corrected chi connectivity index (χ1v) is 23.4. The standard InChI is InChI=1S/C46H68N10O14/c1-23(2)37(53-41(65)31-11-9-21-55(31)45(69)27(7)49-39(63)25(5)47-33(57)17-19-35(59)60)43(67)51-29-13-15-30(16-14-29)52-44(68)38(24(3)4)54-42(66)32-12-10-22-56(32)46(70)28(8)50-40(64)26(6)48-34(58)18-20-36(61)62/h13-16,23-28,31-32,37-38H,9-12,17-22H2,1-8H3,(H,47,57)(H,48,58)(H,49,63)(H,50,64)(H,51,67)(H,52,68)(H,53,65)(H,54,66)(H,59,60)(H,61,62)/t25-,26-,27-,28-,31?,32?,37-,38?/m0/s1. The number of likely N-dealkylation sites (tertiary alicyclic amines) is 2. The van der Waals surface area contributed by atoms with Gasteiger partial charge in [-0.05, 0) is 89.5 Å². The molecule has 10 amide bonds. The number of aliphatic carboxylic acids is 2. The zero-order valence-corrected chi connectivity index (χ0v) is 40.8. The molecular formula is C46H68N10O14. The molecule has 2 heterocycles. The monoisotopic (exact) mass is 984 g/mol. The Morgan fingerprint density at radius 1 is 0.471 bits per heavy atom. The third kappa shape index (κ3) is 17.1. The number of carboxylic acid groups (broad SMARTS) is 2. The quantitative estimate of drug-likeness (QED) is 0.0629. The summed E-state index contributed by atoms with van der Waals surface area (Å²) < 4.78 is 0. The summed E-state index contributed by atoms with van der Waals surface area (Å²) in [6, 6.07) is -2.10. The van der Waals surface area contributed by atoms with Crippen molar-refractivity contribution in [1.82, 2.24) is 41.7 Å². The molecule has 3 unspecified atom stereocenters. The van der Waals surface area contributed by atoms with E-state index in [2.05, 4.69) is 42.5 Å². The van der Waals surface area contributed by atoms with Gasteiger partial charge >= 0.3 is 11.9 Å². The molecule has 2 aliphatic heterocycles. The summed E-state index contributed by atoms with van der Waals surface area (Å²) in [6.45, 7) is 13.0. The van der Waals surface area contributed by atoms with Crippen molar-refractivity contribution in [2.24, 2.45) is 11.8 Å². The zero-order valence-electron chi connectivity index (χ0n) is 40.8. The van der Waals surface area contributed by atoms with Gasteiger partial charge in [-0.25, -0.2) is 0 Å². The van der Waals surface area contributed by atoms with Crippen molar-refractivity contribution in [3.63, 3.8) is 0 Å².